The van der Waals surface area contributed by atoms with Crippen molar-refractivity contribution in [2.75, 3.05) is 13.1 Å². The normalized spacial score (nSPS) is 22.3. The Labute approximate surface area is 225 Å². The zero-order valence-electron chi connectivity index (χ0n) is 22.3. The summed E-state index contributed by atoms with van der Waals surface area (Å²) in [6.07, 6.45) is 8.30. The fourth-order valence-corrected chi connectivity index (χ4v) is 7.20. The van der Waals surface area contributed by atoms with Gasteiger partial charge in [0.05, 0.1) is 0 Å². The lowest BCUT2D eigenvalue weighted by atomic mass is 9.58. The number of carbonyl (C=O) groups excluding carboxylic acids is 1. The summed E-state index contributed by atoms with van der Waals surface area (Å²) in [7, 11) is 0. The number of benzene rings is 2. The second kappa shape index (κ2) is 11.7. The second-order valence-electron chi connectivity index (χ2n) is 10.9. The van der Waals surface area contributed by atoms with E-state index in [4.69, 9.17) is 10.5 Å². The van der Waals surface area contributed by atoms with E-state index >= 15 is 0 Å². The predicted octanol–water partition coefficient (Wildman–Crippen LogP) is 5.70. The van der Waals surface area contributed by atoms with Gasteiger partial charge in [0.25, 0.3) is 0 Å². The van der Waals surface area contributed by atoms with Crippen molar-refractivity contribution in [2.45, 2.75) is 70.1 Å². The summed E-state index contributed by atoms with van der Waals surface area (Å²) in [6, 6.07) is 17.7. The first kappa shape index (κ1) is 26.4. The Morgan fingerprint density at radius 1 is 1.11 bits per heavy atom. The van der Waals surface area contributed by atoms with Gasteiger partial charge in [-0.1, -0.05) is 49.4 Å². The number of rotatable bonds is 9. The number of amides is 1. The molecule has 2 aliphatic rings. The molecule has 2 aromatic carbocycles. The Kier molecular flexibility index (Phi) is 8.12. The van der Waals surface area contributed by atoms with Crippen molar-refractivity contribution in [3.05, 3.63) is 89.8 Å². The van der Waals surface area contributed by atoms with Gasteiger partial charge in [0, 0.05) is 43.2 Å². The number of primary amides is 1. The summed E-state index contributed by atoms with van der Waals surface area (Å²) in [6.45, 7) is 5.65. The van der Waals surface area contributed by atoms with Gasteiger partial charge in [-0.05, 0) is 74.4 Å². The number of ether oxygens (including phenoxy) is 1. The Morgan fingerprint density at radius 3 is 2.61 bits per heavy atom. The SMILES string of the molecule is CCc1nccn1C[C@@](c1cccc(F)c1)(C1CCN(Cc2ccccc2)CC1)[C@H]1CCC[C@@H]1OC(N)=O. The van der Waals surface area contributed by atoms with Crippen molar-refractivity contribution in [2.24, 2.45) is 17.6 Å². The molecule has 0 spiro atoms. The van der Waals surface area contributed by atoms with Crippen LogP contribution in [0, 0.1) is 17.7 Å². The van der Waals surface area contributed by atoms with Crippen molar-refractivity contribution < 1.29 is 13.9 Å². The summed E-state index contributed by atoms with van der Waals surface area (Å²) in [5.41, 5.74) is 7.43. The molecule has 202 valence electrons. The van der Waals surface area contributed by atoms with Crippen LogP contribution in [0.2, 0.25) is 0 Å². The molecule has 2 N–H and O–H groups in total. The molecule has 0 unspecified atom stereocenters. The van der Waals surface area contributed by atoms with E-state index in [-0.39, 0.29) is 23.8 Å². The number of likely N-dealkylation sites (tertiary alicyclic amines) is 1. The molecule has 1 aliphatic carbocycles. The minimum Gasteiger partial charge on any atom is -0.446 e. The van der Waals surface area contributed by atoms with Crippen molar-refractivity contribution in [3.63, 3.8) is 0 Å². The third kappa shape index (κ3) is 5.48. The topological polar surface area (TPSA) is 73.4 Å². The van der Waals surface area contributed by atoms with E-state index in [9.17, 15) is 9.18 Å². The molecule has 1 aliphatic heterocycles. The number of aryl methyl sites for hydroxylation is 1. The van der Waals surface area contributed by atoms with E-state index in [0.29, 0.717) is 6.54 Å². The quantitative estimate of drug-likeness (QED) is 0.394. The lowest BCUT2D eigenvalue weighted by Gasteiger charge is -2.50. The summed E-state index contributed by atoms with van der Waals surface area (Å²) < 4.78 is 22.8. The van der Waals surface area contributed by atoms with Crippen LogP contribution in [0.3, 0.4) is 0 Å². The van der Waals surface area contributed by atoms with Crippen molar-refractivity contribution in [3.8, 4) is 0 Å². The fraction of sp³-hybridized carbons (Fsp3) is 0.484. The van der Waals surface area contributed by atoms with E-state index in [1.165, 1.54) is 11.6 Å². The molecule has 1 amide bonds. The maximum absolute atomic E-state index is 14.9. The molecular formula is C31H39FN4O2. The Morgan fingerprint density at radius 2 is 1.89 bits per heavy atom. The number of nitrogens with two attached hydrogens (primary N) is 1. The average Bonchev–Trinajstić information content (AvgIpc) is 3.57. The largest absolute Gasteiger partial charge is 0.446 e. The van der Waals surface area contributed by atoms with E-state index in [2.05, 4.69) is 57.8 Å². The predicted molar refractivity (Wildman–Crippen MR) is 146 cm³/mol. The minimum atomic E-state index is -0.732. The number of hydrogen-bond acceptors (Lipinski definition) is 4. The minimum absolute atomic E-state index is 0.0366. The number of imidazole rings is 1. The summed E-state index contributed by atoms with van der Waals surface area (Å²) >= 11 is 0. The smallest absolute Gasteiger partial charge is 0.404 e. The van der Waals surface area contributed by atoms with Crippen LogP contribution in [0.1, 0.15) is 56.0 Å². The molecule has 0 radical (unpaired) electrons. The average molecular weight is 519 g/mol. The van der Waals surface area contributed by atoms with Gasteiger partial charge in [-0.15, -0.1) is 0 Å². The number of carbonyl (C=O) groups is 1. The first-order valence-electron chi connectivity index (χ1n) is 14.0. The maximum atomic E-state index is 14.9. The standard InChI is InChI=1S/C31H39FN4O2/c1-2-29-34-16-19-36(29)22-31(25-10-6-11-26(32)20-25,27-12-7-13-28(27)38-30(33)37)24-14-17-35(18-15-24)21-23-8-4-3-5-9-23/h3-6,8-11,16,19-20,24,27-28H,2,7,12-15,17-18,21-22H2,1H3,(H2,33,37)/t27-,28-,31-/m0/s1. The zero-order valence-corrected chi connectivity index (χ0v) is 22.3. The van der Waals surface area contributed by atoms with Gasteiger partial charge in [0.15, 0.2) is 0 Å². The zero-order chi connectivity index (χ0) is 26.5. The first-order valence-corrected chi connectivity index (χ1v) is 14.0. The third-order valence-electron chi connectivity index (χ3n) is 8.86. The number of halogens is 1. The van der Waals surface area contributed by atoms with Crippen LogP contribution in [-0.4, -0.2) is 39.7 Å². The van der Waals surface area contributed by atoms with Crippen molar-refractivity contribution in [1.29, 1.82) is 0 Å². The molecule has 1 saturated carbocycles. The lowest BCUT2D eigenvalue weighted by Crippen LogP contribution is -2.52. The summed E-state index contributed by atoms with van der Waals surface area (Å²) in [5, 5.41) is 0. The number of nitrogens with zero attached hydrogens (tertiary/aromatic N) is 3. The highest BCUT2D eigenvalue weighted by Gasteiger charge is 2.53. The number of aromatic nitrogens is 2. The number of hydrogen-bond donors (Lipinski definition) is 1. The molecule has 1 saturated heterocycles. The van der Waals surface area contributed by atoms with Crippen molar-refractivity contribution in [1.82, 2.24) is 14.5 Å². The first-order chi connectivity index (χ1) is 18.5. The van der Waals surface area contributed by atoms with Gasteiger partial charge in [0.1, 0.15) is 17.7 Å². The Balaban J connectivity index is 1.54. The highest BCUT2D eigenvalue weighted by molar-refractivity contribution is 5.65. The highest BCUT2D eigenvalue weighted by Crippen LogP contribution is 2.52. The van der Waals surface area contributed by atoms with Gasteiger partial charge in [-0.2, -0.15) is 0 Å². The molecule has 2 heterocycles. The van der Waals surface area contributed by atoms with Gasteiger partial charge < -0.3 is 15.0 Å². The van der Waals surface area contributed by atoms with Crippen LogP contribution in [0.25, 0.3) is 0 Å². The molecule has 3 atom stereocenters. The van der Waals surface area contributed by atoms with Crippen LogP contribution in [0.4, 0.5) is 9.18 Å². The van der Waals surface area contributed by atoms with Crippen LogP contribution in [-0.2, 0) is 29.7 Å². The summed E-state index contributed by atoms with van der Waals surface area (Å²) in [4.78, 5) is 19.1. The number of piperidine rings is 1. The van der Waals surface area contributed by atoms with Crippen LogP contribution >= 0.6 is 0 Å². The maximum Gasteiger partial charge on any atom is 0.404 e. The molecule has 2 fully saturated rings. The second-order valence-corrected chi connectivity index (χ2v) is 10.9. The molecular weight excluding hydrogens is 479 g/mol. The molecule has 5 rings (SSSR count). The van der Waals surface area contributed by atoms with E-state index in [1.54, 1.807) is 6.07 Å². The summed E-state index contributed by atoms with van der Waals surface area (Å²) in [5.74, 6) is 1.10. The van der Waals surface area contributed by atoms with Crippen LogP contribution in [0.5, 0.6) is 0 Å². The van der Waals surface area contributed by atoms with Gasteiger partial charge in [-0.3, -0.25) is 4.90 Å². The Hall–Kier alpha value is -3.19. The molecule has 0 bridgehead atoms. The highest BCUT2D eigenvalue weighted by atomic mass is 19.1. The van der Waals surface area contributed by atoms with Crippen LogP contribution < -0.4 is 5.73 Å². The van der Waals surface area contributed by atoms with Crippen LogP contribution in [0.15, 0.2) is 67.0 Å². The van der Waals surface area contributed by atoms with E-state index < -0.39 is 11.5 Å². The molecule has 38 heavy (non-hydrogen) atoms. The Bertz CT molecular complexity index is 1210. The monoisotopic (exact) mass is 518 g/mol. The van der Waals surface area contributed by atoms with Gasteiger partial charge >= 0.3 is 6.09 Å². The molecule has 3 aromatic rings. The van der Waals surface area contributed by atoms with E-state index in [1.807, 2.05) is 18.5 Å². The molecule has 1 aromatic heterocycles. The lowest BCUT2D eigenvalue weighted by molar-refractivity contribution is 0.00471. The third-order valence-corrected chi connectivity index (χ3v) is 8.86. The van der Waals surface area contributed by atoms with Gasteiger partial charge in [-0.25, -0.2) is 14.2 Å². The van der Waals surface area contributed by atoms with Gasteiger partial charge in [0.2, 0.25) is 0 Å². The van der Waals surface area contributed by atoms with E-state index in [0.717, 1.165) is 69.5 Å². The van der Waals surface area contributed by atoms with Crippen molar-refractivity contribution >= 4 is 6.09 Å². The fourth-order valence-electron chi connectivity index (χ4n) is 7.20. The molecule has 7 heteroatoms. The molecule has 6 nitrogen and oxygen atoms in total.